The number of para-hydroxylation sites is 1. The van der Waals surface area contributed by atoms with Gasteiger partial charge in [-0.3, -0.25) is 9.59 Å². The fourth-order valence-electron chi connectivity index (χ4n) is 3.27. The highest BCUT2D eigenvalue weighted by atomic mass is 32.1. The van der Waals surface area contributed by atoms with Crippen LogP contribution in [-0.2, 0) is 9.59 Å². The molecule has 2 aromatic carbocycles. The van der Waals surface area contributed by atoms with Gasteiger partial charge in [0.2, 0.25) is 11.8 Å². The molecule has 1 aliphatic heterocycles. The molecule has 2 amide bonds. The molecule has 29 heavy (non-hydrogen) atoms. The quantitative estimate of drug-likeness (QED) is 0.644. The predicted octanol–water partition coefficient (Wildman–Crippen LogP) is 4.77. The van der Waals surface area contributed by atoms with Crippen molar-refractivity contribution in [2.24, 2.45) is 5.10 Å². The Morgan fingerprint density at radius 2 is 1.76 bits per heavy atom. The van der Waals surface area contributed by atoms with Gasteiger partial charge in [0, 0.05) is 35.4 Å². The molecule has 2 heterocycles. The molecule has 3 aromatic rings. The van der Waals surface area contributed by atoms with E-state index in [1.165, 1.54) is 5.01 Å². The summed E-state index contributed by atoms with van der Waals surface area (Å²) < 4.78 is 0. The van der Waals surface area contributed by atoms with Gasteiger partial charge in [-0.25, -0.2) is 5.01 Å². The zero-order valence-corrected chi connectivity index (χ0v) is 16.7. The number of carbonyl (C=O) groups excluding carboxylic acids is 2. The predicted molar refractivity (Wildman–Crippen MR) is 117 cm³/mol. The monoisotopic (exact) mass is 403 g/mol. The second-order valence-electron chi connectivity index (χ2n) is 6.75. The van der Waals surface area contributed by atoms with Gasteiger partial charge >= 0.3 is 0 Å². The molecule has 0 unspecified atom stereocenters. The standard InChI is InChI=1S/C23H21N3O2S/c27-22(24-20-10-5-4-9-18(20)21-11-6-16-29-21)12-13-23(28)26-15-14-19(25-26)17-7-2-1-3-8-17/h1-11,16H,12-15H2,(H,24,27). The Balaban J connectivity index is 1.34. The van der Waals surface area contributed by atoms with E-state index >= 15 is 0 Å². The molecular weight excluding hydrogens is 382 g/mol. The van der Waals surface area contributed by atoms with E-state index < -0.39 is 0 Å². The van der Waals surface area contributed by atoms with Crippen LogP contribution >= 0.6 is 11.3 Å². The highest BCUT2D eigenvalue weighted by molar-refractivity contribution is 7.13. The third-order valence-electron chi connectivity index (χ3n) is 4.75. The van der Waals surface area contributed by atoms with Gasteiger partial charge in [-0.05, 0) is 23.1 Å². The van der Waals surface area contributed by atoms with Gasteiger partial charge in [0.05, 0.1) is 12.3 Å². The lowest BCUT2D eigenvalue weighted by molar-refractivity contribution is -0.132. The summed E-state index contributed by atoms with van der Waals surface area (Å²) in [5, 5.41) is 10.9. The van der Waals surface area contributed by atoms with Crippen LogP contribution in [-0.4, -0.2) is 29.1 Å². The van der Waals surface area contributed by atoms with E-state index in [0.717, 1.165) is 33.8 Å². The summed E-state index contributed by atoms with van der Waals surface area (Å²) in [6, 6.07) is 21.6. The Morgan fingerprint density at radius 3 is 2.55 bits per heavy atom. The number of amides is 2. The Morgan fingerprint density at radius 1 is 0.966 bits per heavy atom. The number of hydrogen-bond acceptors (Lipinski definition) is 4. The summed E-state index contributed by atoms with van der Waals surface area (Å²) in [5.74, 6) is -0.300. The van der Waals surface area contributed by atoms with E-state index in [4.69, 9.17) is 0 Å². The van der Waals surface area contributed by atoms with Gasteiger partial charge < -0.3 is 5.32 Å². The molecule has 0 saturated heterocycles. The number of nitrogens with zero attached hydrogens (tertiary/aromatic N) is 2. The molecule has 4 rings (SSSR count). The zero-order chi connectivity index (χ0) is 20.1. The first-order valence-corrected chi connectivity index (χ1v) is 10.4. The third-order valence-corrected chi connectivity index (χ3v) is 5.65. The topological polar surface area (TPSA) is 61.8 Å². The molecule has 0 bridgehead atoms. The molecule has 1 aromatic heterocycles. The average molecular weight is 404 g/mol. The highest BCUT2D eigenvalue weighted by Gasteiger charge is 2.22. The first-order chi connectivity index (χ1) is 14.2. The fourth-order valence-corrected chi connectivity index (χ4v) is 4.04. The number of benzene rings is 2. The number of nitrogens with one attached hydrogen (secondary N) is 1. The summed E-state index contributed by atoms with van der Waals surface area (Å²) in [7, 11) is 0. The molecule has 146 valence electrons. The molecule has 0 atom stereocenters. The number of anilines is 1. The van der Waals surface area contributed by atoms with Crippen molar-refractivity contribution in [1.82, 2.24) is 5.01 Å². The van der Waals surface area contributed by atoms with Crippen molar-refractivity contribution >= 4 is 34.6 Å². The molecule has 6 heteroatoms. The Bertz CT molecular complexity index is 1030. The summed E-state index contributed by atoms with van der Waals surface area (Å²) in [4.78, 5) is 26.0. The van der Waals surface area contributed by atoms with E-state index in [1.54, 1.807) is 11.3 Å². The number of thiophene rings is 1. The van der Waals surface area contributed by atoms with Crippen molar-refractivity contribution < 1.29 is 9.59 Å². The van der Waals surface area contributed by atoms with E-state index in [-0.39, 0.29) is 24.7 Å². The lowest BCUT2D eigenvalue weighted by atomic mass is 10.1. The van der Waals surface area contributed by atoms with E-state index in [9.17, 15) is 9.59 Å². The van der Waals surface area contributed by atoms with Gasteiger partial charge in [0.1, 0.15) is 0 Å². The summed E-state index contributed by atoms with van der Waals surface area (Å²) in [6.45, 7) is 0.561. The third kappa shape index (κ3) is 4.60. The van der Waals surface area contributed by atoms with Crippen LogP contribution in [0.25, 0.3) is 10.4 Å². The molecule has 0 fully saturated rings. The number of hydrazone groups is 1. The minimum Gasteiger partial charge on any atom is -0.325 e. The number of carbonyl (C=O) groups is 2. The number of hydrogen-bond donors (Lipinski definition) is 1. The van der Waals surface area contributed by atoms with Gasteiger partial charge in [0.25, 0.3) is 0 Å². The Hall–Kier alpha value is -3.25. The van der Waals surface area contributed by atoms with Crippen molar-refractivity contribution in [3.05, 3.63) is 77.7 Å². The maximum atomic E-state index is 12.5. The van der Waals surface area contributed by atoms with Crippen LogP contribution in [0.2, 0.25) is 0 Å². The van der Waals surface area contributed by atoms with Crippen LogP contribution in [0, 0.1) is 0 Å². The maximum Gasteiger partial charge on any atom is 0.243 e. The van der Waals surface area contributed by atoms with Crippen LogP contribution < -0.4 is 5.32 Å². The van der Waals surface area contributed by atoms with Crippen LogP contribution in [0.3, 0.4) is 0 Å². The van der Waals surface area contributed by atoms with Crippen molar-refractivity contribution in [1.29, 1.82) is 0 Å². The summed E-state index contributed by atoms with van der Waals surface area (Å²) in [6.07, 6.45) is 0.999. The lowest BCUT2D eigenvalue weighted by Gasteiger charge is -2.12. The van der Waals surface area contributed by atoms with E-state index in [1.807, 2.05) is 72.1 Å². The molecule has 5 nitrogen and oxygen atoms in total. The van der Waals surface area contributed by atoms with E-state index in [2.05, 4.69) is 10.4 Å². The van der Waals surface area contributed by atoms with Gasteiger partial charge in [-0.15, -0.1) is 11.3 Å². The van der Waals surface area contributed by atoms with Crippen molar-refractivity contribution in [2.75, 3.05) is 11.9 Å². The van der Waals surface area contributed by atoms with Gasteiger partial charge in [-0.1, -0.05) is 54.6 Å². The molecule has 0 saturated carbocycles. The van der Waals surface area contributed by atoms with Crippen LogP contribution in [0.4, 0.5) is 5.69 Å². The second kappa shape index (κ2) is 8.84. The summed E-state index contributed by atoms with van der Waals surface area (Å²) >= 11 is 1.62. The SMILES string of the molecule is O=C(CCC(=O)N1CCC(c2ccccc2)=N1)Nc1ccccc1-c1cccs1. The summed E-state index contributed by atoms with van der Waals surface area (Å²) in [5.41, 5.74) is 3.69. The molecular formula is C23H21N3O2S. The van der Waals surface area contributed by atoms with Crippen LogP contribution in [0.5, 0.6) is 0 Å². The lowest BCUT2D eigenvalue weighted by Crippen LogP contribution is -2.25. The zero-order valence-electron chi connectivity index (χ0n) is 15.9. The van der Waals surface area contributed by atoms with Gasteiger partial charge in [0.15, 0.2) is 0 Å². The van der Waals surface area contributed by atoms with E-state index in [0.29, 0.717) is 6.54 Å². The van der Waals surface area contributed by atoms with Crippen molar-refractivity contribution in [3.8, 4) is 10.4 Å². The van der Waals surface area contributed by atoms with Crippen LogP contribution in [0.15, 0.2) is 77.2 Å². The first kappa shape index (κ1) is 19.1. The fraction of sp³-hybridized carbons (Fsp3) is 0.174. The highest BCUT2D eigenvalue weighted by Crippen LogP contribution is 2.31. The molecule has 1 N–H and O–H groups in total. The first-order valence-electron chi connectivity index (χ1n) is 9.57. The largest absolute Gasteiger partial charge is 0.325 e. The molecule has 0 spiro atoms. The average Bonchev–Trinajstić information content (AvgIpc) is 3.45. The Labute approximate surface area is 173 Å². The maximum absolute atomic E-state index is 12.5. The van der Waals surface area contributed by atoms with Crippen molar-refractivity contribution in [2.45, 2.75) is 19.3 Å². The van der Waals surface area contributed by atoms with Gasteiger partial charge in [-0.2, -0.15) is 5.10 Å². The molecule has 0 aliphatic carbocycles. The Kier molecular flexibility index (Phi) is 5.81. The molecule has 0 radical (unpaired) electrons. The smallest absolute Gasteiger partial charge is 0.243 e. The number of rotatable bonds is 6. The second-order valence-corrected chi connectivity index (χ2v) is 7.70. The minimum absolute atomic E-state index is 0.127. The molecule has 1 aliphatic rings. The normalized spacial score (nSPS) is 13.2. The van der Waals surface area contributed by atoms with Crippen molar-refractivity contribution in [3.63, 3.8) is 0 Å². The van der Waals surface area contributed by atoms with Crippen LogP contribution in [0.1, 0.15) is 24.8 Å². The minimum atomic E-state index is -0.172.